The highest BCUT2D eigenvalue weighted by Gasteiger charge is 2.48. The van der Waals surface area contributed by atoms with Crippen LogP contribution in [0.15, 0.2) is 12.3 Å². The fourth-order valence-corrected chi connectivity index (χ4v) is 4.71. The Hall–Kier alpha value is -1.85. The Labute approximate surface area is 149 Å². The van der Waals surface area contributed by atoms with Crippen molar-refractivity contribution in [1.29, 1.82) is 0 Å². The van der Waals surface area contributed by atoms with Crippen LogP contribution in [0.1, 0.15) is 63.1 Å². The highest BCUT2D eigenvalue weighted by Crippen LogP contribution is 2.44. The van der Waals surface area contributed by atoms with Crippen LogP contribution in [-0.4, -0.2) is 50.5 Å². The standard InChI is InChI=1S/C19H28N4O2/c1-21(13-5-3-4-6-13)19(25)15-9-10-17(24)23(14-7-8-14)18(15)16-11-12-20-22(16)2/h11-15,18H,3-10H2,1-2H3. The fourth-order valence-electron chi connectivity index (χ4n) is 4.71. The maximum absolute atomic E-state index is 13.4. The largest absolute Gasteiger partial charge is 0.342 e. The normalized spacial score (nSPS) is 27.8. The zero-order valence-corrected chi connectivity index (χ0v) is 15.2. The SMILES string of the molecule is CN(C(=O)C1CCC(=O)N(C2CC2)C1c1ccnn1C)C1CCCC1. The number of aryl methyl sites for hydroxylation is 1. The third-order valence-electron chi connectivity index (χ3n) is 6.28. The van der Waals surface area contributed by atoms with Crippen LogP contribution in [0.5, 0.6) is 0 Å². The summed E-state index contributed by atoms with van der Waals surface area (Å²) < 4.78 is 1.83. The molecule has 6 heteroatoms. The third kappa shape index (κ3) is 2.96. The summed E-state index contributed by atoms with van der Waals surface area (Å²) in [6, 6.07) is 2.47. The second-order valence-electron chi connectivity index (χ2n) is 7.89. The fraction of sp³-hybridized carbons (Fsp3) is 0.737. The molecule has 1 aromatic rings. The molecule has 136 valence electrons. The Morgan fingerprint density at radius 2 is 1.92 bits per heavy atom. The van der Waals surface area contributed by atoms with Gasteiger partial charge < -0.3 is 9.80 Å². The molecule has 1 aliphatic heterocycles. The molecule has 25 heavy (non-hydrogen) atoms. The topological polar surface area (TPSA) is 58.4 Å². The number of hydrogen-bond acceptors (Lipinski definition) is 3. The van der Waals surface area contributed by atoms with Crippen molar-refractivity contribution < 1.29 is 9.59 Å². The van der Waals surface area contributed by atoms with E-state index in [-0.39, 0.29) is 23.8 Å². The first-order chi connectivity index (χ1) is 12.1. The molecular formula is C19H28N4O2. The van der Waals surface area contributed by atoms with Crippen molar-refractivity contribution in [2.24, 2.45) is 13.0 Å². The third-order valence-corrected chi connectivity index (χ3v) is 6.28. The average Bonchev–Trinajstić information content (AvgIpc) is 3.11. The van der Waals surface area contributed by atoms with Crippen LogP contribution in [0.2, 0.25) is 0 Å². The van der Waals surface area contributed by atoms with E-state index < -0.39 is 0 Å². The smallest absolute Gasteiger partial charge is 0.228 e. The first-order valence-electron chi connectivity index (χ1n) is 9.63. The van der Waals surface area contributed by atoms with E-state index in [1.165, 1.54) is 12.8 Å². The van der Waals surface area contributed by atoms with Crippen molar-refractivity contribution in [2.75, 3.05) is 7.05 Å². The van der Waals surface area contributed by atoms with Gasteiger partial charge in [0, 0.05) is 38.8 Å². The molecule has 0 radical (unpaired) electrons. The number of likely N-dealkylation sites (tertiary alicyclic amines) is 1. The molecule has 2 atom stereocenters. The van der Waals surface area contributed by atoms with Crippen molar-refractivity contribution in [2.45, 2.75) is 69.5 Å². The van der Waals surface area contributed by atoms with Gasteiger partial charge in [-0.25, -0.2) is 0 Å². The number of carbonyl (C=O) groups excluding carboxylic acids is 2. The second-order valence-corrected chi connectivity index (χ2v) is 7.89. The van der Waals surface area contributed by atoms with Crippen LogP contribution in [0, 0.1) is 5.92 Å². The minimum Gasteiger partial charge on any atom is -0.342 e. The van der Waals surface area contributed by atoms with Gasteiger partial charge in [0.25, 0.3) is 0 Å². The maximum atomic E-state index is 13.4. The maximum Gasteiger partial charge on any atom is 0.228 e. The number of aromatic nitrogens is 2. The predicted molar refractivity (Wildman–Crippen MR) is 93.6 cm³/mol. The van der Waals surface area contributed by atoms with Gasteiger partial charge in [-0.15, -0.1) is 0 Å². The number of hydrogen-bond donors (Lipinski definition) is 0. The van der Waals surface area contributed by atoms with Gasteiger partial charge in [0.1, 0.15) is 0 Å². The van der Waals surface area contributed by atoms with Gasteiger partial charge in [0.15, 0.2) is 0 Å². The van der Waals surface area contributed by atoms with Crippen LogP contribution >= 0.6 is 0 Å². The molecule has 3 aliphatic rings. The second kappa shape index (κ2) is 6.46. The molecule has 0 spiro atoms. The summed E-state index contributed by atoms with van der Waals surface area (Å²) in [7, 11) is 3.86. The molecule has 0 bridgehead atoms. The molecule has 2 heterocycles. The average molecular weight is 344 g/mol. The van der Waals surface area contributed by atoms with Gasteiger partial charge in [-0.2, -0.15) is 5.10 Å². The van der Waals surface area contributed by atoms with Gasteiger partial charge >= 0.3 is 0 Å². The van der Waals surface area contributed by atoms with Crippen molar-refractivity contribution in [3.63, 3.8) is 0 Å². The van der Waals surface area contributed by atoms with Crippen LogP contribution < -0.4 is 0 Å². The molecular weight excluding hydrogens is 316 g/mol. The summed E-state index contributed by atoms with van der Waals surface area (Å²) in [4.78, 5) is 30.0. The number of amides is 2. The van der Waals surface area contributed by atoms with Crippen molar-refractivity contribution in [3.8, 4) is 0 Å². The molecule has 4 rings (SSSR count). The van der Waals surface area contributed by atoms with Crippen LogP contribution in [0.3, 0.4) is 0 Å². The van der Waals surface area contributed by atoms with Gasteiger partial charge in [0.05, 0.1) is 17.7 Å². The zero-order chi connectivity index (χ0) is 17.6. The molecule has 2 saturated carbocycles. The van der Waals surface area contributed by atoms with E-state index in [1.54, 1.807) is 6.20 Å². The van der Waals surface area contributed by atoms with Crippen molar-refractivity contribution >= 4 is 11.8 Å². The first kappa shape index (κ1) is 16.6. The van der Waals surface area contributed by atoms with E-state index in [2.05, 4.69) is 5.10 Å². The Balaban J connectivity index is 1.65. The monoisotopic (exact) mass is 344 g/mol. The summed E-state index contributed by atoms with van der Waals surface area (Å²) >= 11 is 0. The van der Waals surface area contributed by atoms with Gasteiger partial charge in [-0.3, -0.25) is 14.3 Å². The first-order valence-corrected chi connectivity index (χ1v) is 9.63. The quantitative estimate of drug-likeness (QED) is 0.842. The lowest BCUT2D eigenvalue weighted by atomic mass is 9.85. The Morgan fingerprint density at radius 3 is 2.52 bits per heavy atom. The molecule has 0 aromatic carbocycles. The van der Waals surface area contributed by atoms with Crippen LogP contribution in [0.4, 0.5) is 0 Å². The van der Waals surface area contributed by atoms with E-state index in [4.69, 9.17) is 0 Å². The molecule has 1 aromatic heterocycles. The highest BCUT2D eigenvalue weighted by atomic mass is 16.2. The van der Waals surface area contributed by atoms with E-state index in [0.29, 0.717) is 24.9 Å². The number of piperidine rings is 1. The zero-order valence-electron chi connectivity index (χ0n) is 15.2. The molecule has 1 saturated heterocycles. The van der Waals surface area contributed by atoms with Crippen molar-refractivity contribution in [1.82, 2.24) is 19.6 Å². The van der Waals surface area contributed by atoms with Crippen LogP contribution in [-0.2, 0) is 16.6 Å². The van der Waals surface area contributed by atoms with Gasteiger partial charge in [0.2, 0.25) is 11.8 Å². The Bertz CT molecular complexity index is 660. The lowest BCUT2D eigenvalue weighted by Gasteiger charge is -2.42. The summed E-state index contributed by atoms with van der Waals surface area (Å²) in [6.07, 6.45) is 9.65. The summed E-state index contributed by atoms with van der Waals surface area (Å²) in [5.41, 5.74) is 0.984. The molecule has 3 fully saturated rings. The summed E-state index contributed by atoms with van der Waals surface area (Å²) in [5, 5.41) is 4.30. The van der Waals surface area contributed by atoms with E-state index in [1.807, 2.05) is 34.6 Å². The van der Waals surface area contributed by atoms with E-state index >= 15 is 0 Å². The van der Waals surface area contributed by atoms with Gasteiger partial charge in [-0.05, 0) is 38.2 Å². The summed E-state index contributed by atoms with van der Waals surface area (Å²) in [6.45, 7) is 0. The Morgan fingerprint density at radius 1 is 1.20 bits per heavy atom. The summed E-state index contributed by atoms with van der Waals surface area (Å²) in [5.74, 6) is 0.247. The minimum atomic E-state index is -0.169. The molecule has 2 aliphatic carbocycles. The van der Waals surface area contributed by atoms with Crippen molar-refractivity contribution in [3.05, 3.63) is 18.0 Å². The molecule has 2 amide bonds. The molecule has 6 nitrogen and oxygen atoms in total. The van der Waals surface area contributed by atoms with Gasteiger partial charge in [-0.1, -0.05) is 12.8 Å². The number of rotatable bonds is 4. The van der Waals surface area contributed by atoms with E-state index in [9.17, 15) is 9.59 Å². The number of nitrogens with zero attached hydrogens (tertiary/aromatic N) is 4. The lowest BCUT2D eigenvalue weighted by Crippen LogP contribution is -2.51. The van der Waals surface area contributed by atoms with Crippen LogP contribution in [0.25, 0.3) is 0 Å². The number of carbonyl (C=O) groups is 2. The minimum absolute atomic E-state index is 0.153. The predicted octanol–water partition coefficient (Wildman–Crippen LogP) is 2.26. The molecule has 2 unspecified atom stereocenters. The Kier molecular flexibility index (Phi) is 4.29. The van der Waals surface area contributed by atoms with E-state index in [0.717, 1.165) is 31.4 Å². The highest BCUT2D eigenvalue weighted by molar-refractivity contribution is 5.85. The lowest BCUT2D eigenvalue weighted by molar-refractivity contribution is -0.149. The molecule has 0 N–H and O–H groups in total.